The minimum Gasteiger partial charge on any atom is -0.465 e. The fourth-order valence-electron chi connectivity index (χ4n) is 1.15. The Kier molecular flexibility index (Phi) is 3.28. The van der Waals surface area contributed by atoms with Crippen molar-refractivity contribution in [2.45, 2.75) is 13.3 Å². The van der Waals surface area contributed by atoms with Gasteiger partial charge in [0, 0.05) is 11.8 Å². The first-order valence-corrected chi connectivity index (χ1v) is 4.00. The number of hydrogen-bond acceptors (Lipinski definition) is 3. The Morgan fingerprint density at radius 2 is 2.13 bits per heavy atom. The molecule has 0 bridgehead atoms. The van der Waals surface area contributed by atoms with Crippen molar-refractivity contribution in [2.75, 3.05) is 7.11 Å². The molecule has 0 saturated carbocycles. The molecule has 6 heteroatoms. The topological polar surface area (TPSA) is 39.2 Å². The lowest BCUT2D eigenvalue weighted by atomic mass is 10.1. The molecule has 0 spiro atoms. The van der Waals surface area contributed by atoms with Gasteiger partial charge in [-0.2, -0.15) is 4.39 Å². The van der Waals surface area contributed by atoms with Crippen LogP contribution in [-0.2, 0) is 4.74 Å². The average molecular weight is 219 g/mol. The van der Waals surface area contributed by atoms with E-state index < -0.39 is 29.5 Å². The highest BCUT2D eigenvalue weighted by atomic mass is 19.3. The first kappa shape index (κ1) is 11.5. The number of nitrogens with zero attached hydrogens (tertiary/aromatic N) is 1. The van der Waals surface area contributed by atoms with Crippen molar-refractivity contribution in [2.24, 2.45) is 0 Å². The van der Waals surface area contributed by atoms with E-state index in [0.29, 0.717) is 6.20 Å². The summed E-state index contributed by atoms with van der Waals surface area (Å²) in [7, 11) is 1.04. The van der Waals surface area contributed by atoms with Crippen LogP contribution in [0.3, 0.4) is 0 Å². The molecule has 0 unspecified atom stereocenters. The summed E-state index contributed by atoms with van der Waals surface area (Å²) in [6.07, 6.45) is -2.09. The van der Waals surface area contributed by atoms with E-state index in [1.807, 2.05) is 0 Å². The van der Waals surface area contributed by atoms with Crippen LogP contribution in [0.4, 0.5) is 13.2 Å². The van der Waals surface area contributed by atoms with Gasteiger partial charge >= 0.3 is 5.97 Å². The Bertz CT molecular complexity index is 393. The van der Waals surface area contributed by atoms with E-state index in [1.165, 1.54) is 6.92 Å². The molecule has 0 aliphatic rings. The summed E-state index contributed by atoms with van der Waals surface area (Å²) in [4.78, 5) is 14.2. The highest BCUT2D eigenvalue weighted by molar-refractivity contribution is 5.91. The third-order valence-corrected chi connectivity index (χ3v) is 1.96. The van der Waals surface area contributed by atoms with Crippen LogP contribution in [0.2, 0.25) is 0 Å². The van der Waals surface area contributed by atoms with Gasteiger partial charge in [0.25, 0.3) is 6.43 Å². The van der Waals surface area contributed by atoms with Gasteiger partial charge in [-0.15, -0.1) is 0 Å². The summed E-state index contributed by atoms with van der Waals surface area (Å²) in [5.41, 5.74) is -1.17. The van der Waals surface area contributed by atoms with Crippen LogP contribution < -0.4 is 0 Å². The fraction of sp³-hybridized carbons (Fsp3) is 0.333. The molecule has 0 amide bonds. The van der Waals surface area contributed by atoms with Crippen molar-refractivity contribution in [3.63, 3.8) is 0 Å². The number of pyridine rings is 1. The van der Waals surface area contributed by atoms with Crippen LogP contribution in [0.25, 0.3) is 0 Å². The lowest BCUT2D eigenvalue weighted by Crippen LogP contribution is -2.11. The Hall–Kier alpha value is -1.59. The van der Waals surface area contributed by atoms with Crippen molar-refractivity contribution in [3.05, 3.63) is 28.8 Å². The molecule has 0 N–H and O–H groups in total. The average Bonchev–Trinajstić information content (AvgIpc) is 2.16. The second kappa shape index (κ2) is 4.29. The Morgan fingerprint density at radius 3 is 2.60 bits per heavy atom. The minimum absolute atomic E-state index is 0.149. The van der Waals surface area contributed by atoms with Gasteiger partial charge in [0.05, 0.1) is 7.11 Å². The molecule has 0 aliphatic heterocycles. The van der Waals surface area contributed by atoms with E-state index in [0.717, 1.165) is 7.11 Å². The Labute approximate surface area is 83.9 Å². The van der Waals surface area contributed by atoms with Crippen LogP contribution in [-0.4, -0.2) is 18.1 Å². The summed E-state index contributed by atoms with van der Waals surface area (Å²) < 4.78 is 42.1. The number of carbonyl (C=O) groups excluding carboxylic acids is 1. The van der Waals surface area contributed by atoms with Gasteiger partial charge in [-0.3, -0.25) is 0 Å². The Balaban J connectivity index is 3.36. The monoisotopic (exact) mass is 219 g/mol. The number of ether oxygens (including phenoxy) is 1. The number of rotatable bonds is 2. The number of alkyl halides is 2. The summed E-state index contributed by atoms with van der Waals surface area (Å²) >= 11 is 0. The molecule has 1 rings (SSSR count). The first-order valence-electron chi connectivity index (χ1n) is 4.00. The maximum absolute atomic E-state index is 13.1. The molecule has 0 fully saturated rings. The van der Waals surface area contributed by atoms with Crippen molar-refractivity contribution < 1.29 is 22.7 Å². The van der Waals surface area contributed by atoms with Gasteiger partial charge in [-0.25, -0.2) is 18.6 Å². The fourth-order valence-corrected chi connectivity index (χ4v) is 1.15. The quantitative estimate of drug-likeness (QED) is 0.565. The molecule has 0 saturated heterocycles. The number of hydrogen-bond donors (Lipinski definition) is 0. The molecule has 3 nitrogen and oxygen atoms in total. The standard InChI is InChI=1S/C9H8F3NO2/c1-4-5(7(10)11)3-13-8(12)6(4)9(14)15-2/h3,7H,1-2H3. The second-order valence-corrected chi connectivity index (χ2v) is 2.80. The van der Waals surface area contributed by atoms with E-state index in [9.17, 15) is 18.0 Å². The number of esters is 1. The van der Waals surface area contributed by atoms with Gasteiger partial charge in [0.2, 0.25) is 5.95 Å². The Morgan fingerprint density at radius 1 is 1.53 bits per heavy atom. The molecule has 0 aliphatic carbocycles. The van der Waals surface area contributed by atoms with Crippen molar-refractivity contribution in [1.29, 1.82) is 0 Å². The second-order valence-electron chi connectivity index (χ2n) is 2.80. The molecule has 0 aromatic carbocycles. The zero-order chi connectivity index (χ0) is 11.6. The maximum atomic E-state index is 13.1. The third-order valence-electron chi connectivity index (χ3n) is 1.96. The van der Waals surface area contributed by atoms with Crippen molar-refractivity contribution in [3.8, 4) is 0 Å². The van der Waals surface area contributed by atoms with Crippen LogP contribution in [0, 0.1) is 12.9 Å². The highest BCUT2D eigenvalue weighted by Gasteiger charge is 2.22. The maximum Gasteiger partial charge on any atom is 0.342 e. The normalized spacial score (nSPS) is 10.5. The lowest BCUT2D eigenvalue weighted by Gasteiger charge is -2.08. The first-order chi connectivity index (χ1) is 6.99. The molecule has 1 heterocycles. The van der Waals surface area contributed by atoms with Gasteiger partial charge in [0.15, 0.2) is 0 Å². The van der Waals surface area contributed by atoms with E-state index >= 15 is 0 Å². The number of halogens is 3. The van der Waals surface area contributed by atoms with Crippen molar-refractivity contribution >= 4 is 5.97 Å². The van der Waals surface area contributed by atoms with Crippen LogP contribution >= 0.6 is 0 Å². The smallest absolute Gasteiger partial charge is 0.342 e. The zero-order valence-electron chi connectivity index (χ0n) is 8.05. The van der Waals surface area contributed by atoms with Gasteiger partial charge < -0.3 is 4.74 Å². The molecule has 82 valence electrons. The van der Waals surface area contributed by atoms with Crippen LogP contribution in [0.1, 0.15) is 27.9 Å². The molecule has 0 atom stereocenters. The van der Waals surface area contributed by atoms with E-state index in [4.69, 9.17) is 0 Å². The largest absolute Gasteiger partial charge is 0.465 e. The summed E-state index contributed by atoms with van der Waals surface area (Å²) in [6.45, 7) is 1.22. The molecule has 1 aromatic rings. The molecule has 0 radical (unpaired) electrons. The van der Waals surface area contributed by atoms with E-state index in [1.54, 1.807) is 0 Å². The summed E-state index contributed by atoms with van der Waals surface area (Å²) in [6, 6.07) is 0. The summed E-state index contributed by atoms with van der Waals surface area (Å²) in [5, 5.41) is 0. The number of carbonyl (C=O) groups is 1. The van der Waals surface area contributed by atoms with E-state index in [2.05, 4.69) is 9.72 Å². The van der Waals surface area contributed by atoms with Crippen LogP contribution in [0.15, 0.2) is 6.20 Å². The number of aromatic nitrogens is 1. The molecular formula is C9H8F3NO2. The zero-order valence-corrected chi connectivity index (χ0v) is 8.05. The molecular weight excluding hydrogens is 211 g/mol. The molecule has 1 aromatic heterocycles. The predicted molar refractivity (Wildman–Crippen MR) is 45.2 cm³/mol. The lowest BCUT2D eigenvalue weighted by molar-refractivity contribution is 0.0592. The number of methoxy groups -OCH3 is 1. The van der Waals surface area contributed by atoms with Gasteiger partial charge in [-0.1, -0.05) is 0 Å². The van der Waals surface area contributed by atoms with Gasteiger partial charge in [0.1, 0.15) is 5.56 Å². The van der Waals surface area contributed by atoms with Crippen molar-refractivity contribution in [1.82, 2.24) is 4.98 Å². The third kappa shape index (κ3) is 2.08. The predicted octanol–water partition coefficient (Wildman–Crippen LogP) is 2.25. The van der Waals surface area contributed by atoms with E-state index in [-0.39, 0.29) is 5.56 Å². The van der Waals surface area contributed by atoms with Gasteiger partial charge in [-0.05, 0) is 12.5 Å². The summed E-state index contributed by atoms with van der Waals surface area (Å²) in [5.74, 6) is -2.12. The highest BCUT2D eigenvalue weighted by Crippen LogP contribution is 2.25. The SMILES string of the molecule is COC(=O)c1c(F)ncc(C(F)F)c1C. The van der Waals surface area contributed by atoms with Crippen LogP contribution in [0.5, 0.6) is 0 Å². The molecule has 15 heavy (non-hydrogen) atoms. The minimum atomic E-state index is -2.80.